The number of nitrogens with one attached hydrogen (secondary N) is 1. The van der Waals surface area contributed by atoms with Gasteiger partial charge >= 0.3 is 0 Å². The van der Waals surface area contributed by atoms with Crippen LogP contribution in [-0.4, -0.2) is 41.8 Å². The summed E-state index contributed by atoms with van der Waals surface area (Å²) in [6.07, 6.45) is 2.16. The standard InChI is InChI=1S/C14H23N5O/c1-3-16-14(20)12-4-5-13(18-17-12)19-8-6-11(7-9-19)10(2)15/h4-5,10-11H,3,6-9,15H2,1-2H3,(H,16,20). The highest BCUT2D eigenvalue weighted by atomic mass is 16.1. The van der Waals surface area contributed by atoms with Gasteiger partial charge in [0.1, 0.15) is 0 Å². The molecule has 2 heterocycles. The van der Waals surface area contributed by atoms with Gasteiger partial charge < -0.3 is 16.0 Å². The van der Waals surface area contributed by atoms with Gasteiger partial charge in [-0.3, -0.25) is 4.79 Å². The van der Waals surface area contributed by atoms with Crippen molar-refractivity contribution in [2.24, 2.45) is 11.7 Å². The highest BCUT2D eigenvalue weighted by molar-refractivity contribution is 5.92. The van der Waals surface area contributed by atoms with Crippen LogP contribution in [0.25, 0.3) is 0 Å². The minimum absolute atomic E-state index is 0.179. The smallest absolute Gasteiger partial charge is 0.271 e. The summed E-state index contributed by atoms with van der Waals surface area (Å²) in [5.41, 5.74) is 6.30. The Kier molecular flexibility index (Phi) is 4.89. The first-order chi connectivity index (χ1) is 9.61. The summed E-state index contributed by atoms with van der Waals surface area (Å²) in [5, 5.41) is 10.9. The molecule has 0 spiro atoms. The topological polar surface area (TPSA) is 84.1 Å². The van der Waals surface area contributed by atoms with Gasteiger partial charge in [-0.1, -0.05) is 0 Å². The third-order valence-corrected chi connectivity index (χ3v) is 3.83. The second-order valence-corrected chi connectivity index (χ2v) is 5.32. The molecule has 3 N–H and O–H groups in total. The highest BCUT2D eigenvalue weighted by Crippen LogP contribution is 2.22. The first-order valence-corrected chi connectivity index (χ1v) is 7.24. The lowest BCUT2D eigenvalue weighted by atomic mass is 9.91. The van der Waals surface area contributed by atoms with E-state index in [1.165, 1.54) is 0 Å². The van der Waals surface area contributed by atoms with Gasteiger partial charge in [-0.15, -0.1) is 10.2 Å². The molecule has 1 fully saturated rings. The van der Waals surface area contributed by atoms with E-state index in [0.717, 1.165) is 31.7 Å². The predicted molar refractivity (Wildman–Crippen MR) is 78.6 cm³/mol. The van der Waals surface area contributed by atoms with E-state index in [-0.39, 0.29) is 11.9 Å². The Morgan fingerprint density at radius 2 is 2.15 bits per heavy atom. The summed E-state index contributed by atoms with van der Waals surface area (Å²) < 4.78 is 0. The molecule has 0 aromatic carbocycles. The van der Waals surface area contributed by atoms with Crippen LogP contribution in [0.15, 0.2) is 12.1 Å². The Morgan fingerprint density at radius 1 is 1.45 bits per heavy atom. The Bertz CT molecular complexity index is 437. The Morgan fingerprint density at radius 3 is 2.65 bits per heavy atom. The van der Waals surface area contributed by atoms with E-state index in [0.29, 0.717) is 18.2 Å². The molecule has 6 heteroatoms. The second-order valence-electron chi connectivity index (χ2n) is 5.32. The first-order valence-electron chi connectivity index (χ1n) is 7.24. The summed E-state index contributed by atoms with van der Waals surface area (Å²) in [6, 6.07) is 3.85. The lowest BCUT2D eigenvalue weighted by Gasteiger charge is -2.34. The monoisotopic (exact) mass is 277 g/mol. The van der Waals surface area contributed by atoms with Crippen LogP contribution in [-0.2, 0) is 0 Å². The molecule has 110 valence electrons. The quantitative estimate of drug-likeness (QED) is 0.850. The van der Waals surface area contributed by atoms with Gasteiger partial charge in [0.15, 0.2) is 11.5 Å². The molecule has 1 atom stereocenters. The van der Waals surface area contributed by atoms with Crippen LogP contribution in [0.4, 0.5) is 5.82 Å². The van der Waals surface area contributed by atoms with Crippen molar-refractivity contribution < 1.29 is 4.79 Å². The fourth-order valence-corrected chi connectivity index (χ4v) is 2.52. The van der Waals surface area contributed by atoms with Gasteiger partial charge in [-0.05, 0) is 44.7 Å². The number of aromatic nitrogens is 2. The maximum Gasteiger partial charge on any atom is 0.271 e. The van der Waals surface area contributed by atoms with E-state index >= 15 is 0 Å². The van der Waals surface area contributed by atoms with Crippen molar-refractivity contribution in [3.63, 3.8) is 0 Å². The zero-order valence-electron chi connectivity index (χ0n) is 12.2. The molecule has 1 aliphatic rings. The third-order valence-electron chi connectivity index (χ3n) is 3.83. The highest BCUT2D eigenvalue weighted by Gasteiger charge is 2.22. The first kappa shape index (κ1) is 14.7. The molecular weight excluding hydrogens is 254 g/mol. The number of rotatable bonds is 4. The van der Waals surface area contributed by atoms with Crippen molar-refractivity contribution in [3.8, 4) is 0 Å². The average molecular weight is 277 g/mol. The fraction of sp³-hybridized carbons (Fsp3) is 0.643. The zero-order chi connectivity index (χ0) is 14.5. The van der Waals surface area contributed by atoms with Gasteiger partial charge in [-0.2, -0.15) is 0 Å². The number of hydrogen-bond donors (Lipinski definition) is 2. The zero-order valence-corrected chi connectivity index (χ0v) is 12.2. The molecule has 2 rings (SSSR count). The number of nitrogens with zero attached hydrogens (tertiary/aromatic N) is 3. The third kappa shape index (κ3) is 3.45. The van der Waals surface area contributed by atoms with Gasteiger partial charge in [0.2, 0.25) is 0 Å². The molecule has 1 saturated heterocycles. The number of piperidine rings is 1. The number of carbonyl (C=O) groups is 1. The van der Waals surface area contributed by atoms with E-state index in [4.69, 9.17) is 5.73 Å². The summed E-state index contributed by atoms with van der Waals surface area (Å²) in [7, 11) is 0. The maximum absolute atomic E-state index is 11.6. The average Bonchev–Trinajstić information content (AvgIpc) is 2.48. The van der Waals surface area contributed by atoms with E-state index in [2.05, 4.69) is 27.3 Å². The number of nitrogens with two attached hydrogens (primary N) is 1. The molecule has 1 aromatic rings. The van der Waals surface area contributed by atoms with Crippen molar-refractivity contribution in [2.45, 2.75) is 32.7 Å². The number of hydrogen-bond acceptors (Lipinski definition) is 5. The van der Waals surface area contributed by atoms with E-state index in [9.17, 15) is 4.79 Å². The van der Waals surface area contributed by atoms with Gasteiger partial charge in [0.25, 0.3) is 5.91 Å². The fourth-order valence-electron chi connectivity index (χ4n) is 2.52. The molecule has 1 unspecified atom stereocenters. The van der Waals surface area contributed by atoms with Crippen LogP contribution in [0.3, 0.4) is 0 Å². The van der Waals surface area contributed by atoms with Crippen LogP contribution in [0.5, 0.6) is 0 Å². The van der Waals surface area contributed by atoms with E-state index < -0.39 is 0 Å². The molecule has 20 heavy (non-hydrogen) atoms. The summed E-state index contributed by atoms with van der Waals surface area (Å²) in [4.78, 5) is 13.8. The lowest BCUT2D eigenvalue weighted by molar-refractivity contribution is 0.0950. The predicted octanol–water partition coefficient (Wildman–Crippen LogP) is 0.790. The molecule has 0 bridgehead atoms. The molecule has 0 saturated carbocycles. The van der Waals surface area contributed by atoms with E-state index in [1.807, 2.05) is 13.0 Å². The molecule has 1 amide bonds. The summed E-state index contributed by atoms with van der Waals surface area (Å²) in [5.74, 6) is 1.25. The van der Waals surface area contributed by atoms with Crippen LogP contribution in [0.1, 0.15) is 37.2 Å². The van der Waals surface area contributed by atoms with Gasteiger partial charge in [0, 0.05) is 25.7 Å². The van der Waals surface area contributed by atoms with Crippen LogP contribution >= 0.6 is 0 Å². The van der Waals surface area contributed by atoms with Crippen LogP contribution < -0.4 is 16.0 Å². The minimum Gasteiger partial charge on any atom is -0.355 e. The summed E-state index contributed by atoms with van der Waals surface area (Å²) in [6.45, 7) is 6.43. The maximum atomic E-state index is 11.6. The van der Waals surface area contributed by atoms with Crippen LogP contribution in [0.2, 0.25) is 0 Å². The Hall–Kier alpha value is -1.69. The molecule has 0 aliphatic carbocycles. The number of amides is 1. The van der Waals surface area contributed by atoms with Crippen molar-refractivity contribution in [3.05, 3.63) is 17.8 Å². The molecule has 1 aliphatic heterocycles. The SMILES string of the molecule is CCNC(=O)c1ccc(N2CCC(C(C)N)CC2)nn1. The van der Waals surface area contributed by atoms with Gasteiger partial charge in [-0.25, -0.2) is 0 Å². The van der Waals surface area contributed by atoms with Crippen LogP contribution in [0, 0.1) is 5.92 Å². The minimum atomic E-state index is -0.179. The number of carbonyl (C=O) groups excluding carboxylic acids is 1. The van der Waals surface area contributed by atoms with Gasteiger partial charge in [0.05, 0.1) is 0 Å². The Labute approximate surface area is 119 Å². The largest absolute Gasteiger partial charge is 0.355 e. The molecule has 6 nitrogen and oxygen atoms in total. The van der Waals surface area contributed by atoms with Crippen molar-refractivity contribution in [2.75, 3.05) is 24.5 Å². The Balaban J connectivity index is 1.96. The molecular formula is C14H23N5O. The van der Waals surface area contributed by atoms with E-state index in [1.54, 1.807) is 6.07 Å². The van der Waals surface area contributed by atoms with Crippen molar-refractivity contribution in [1.82, 2.24) is 15.5 Å². The van der Waals surface area contributed by atoms with Crippen molar-refractivity contribution in [1.29, 1.82) is 0 Å². The summed E-state index contributed by atoms with van der Waals surface area (Å²) >= 11 is 0. The normalized spacial score (nSPS) is 17.9. The molecule has 0 radical (unpaired) electrons. The second kappa shape index (κ2) is 6.65. The lowest BCUT2D eigenvalue weighted by Crippen LogP contribution is -2.40. The molecule has 1 aromatic heterocycles. The number of anilines is 1. The van der Waals surface area contributed by atoms with Crippen molar-refractivity contribution >= 4 is 11.7 Å².